The van der Waals surface area contributed by atoms with Crippen molar-refractivity contribution in [1.82, 2.24) is 20.2 Å². The molecule has 132 valence electrons. The van der Waals surface area contributed by atoms with Crippen LogP contribution in [-0.2, 0) is 27.5 Å². The number of nitrogens with zero attached hydrogens (tertiary/aromatic N) is 5. The molecule has 25 heavy (non-hydrogen) atoms. The third kappa shape index (κ3) is 4.16. The highest BCUT2D eigenvalue weighted by molar-refractivity contribution is 8.00. The van der Waals surface area contributed by atoms with E-state index in [9.17, 15) is 9.59 Å². The first-order valence-corrected chi connectivity index (χ1v) is 9.10. The van der Waals surface area contributed by atoms with E-state index in [0.717, 1.165) is 17.0 Å². The topological polar surface area (TPSA) is 90.2 Å². The number of esters is 1. The van der Waals surface area contributed by atoms with Gasteiger partial charge in [0.25, 0.3) is 0 Å². The second-order valence-electron chi connectivity index (χ2n) is 5.53. The Balaban J connectivity index is 1.54. The van der Waals surface area contributed by atoms with Crippen LogP contribution in [0.2, 0.25) is 0 Å². The second-order valence-corrected chi connectivity index (χ2v) is 6.55. The molecule has 1 amide bonds. The maximum Gasteiger partial charge on any atom is 0.308 e. The smallest absolute Gasteiger partial charge is 0.308 e. The fourth-order valence-corrected chi connectivity index (χ4v) is 3.47. The molecule has 0 spiro atoms. The summed E-state index contributed by atoms with van der Waals surface area (Å²) in [5.41, 5.74) is 0.850. The number of fused-ring (bicyclic) bond motifs is 1. The van der Waals surface area contributed by atoms with Gasteiger partial charge in [0.1, 0.15) is 0 Å². The van der Waals surface area contributed by atoms with E-state index in [-0.39, 0.29) is 24.9 Å². The van der Waals surface area contributed by atoms with Gasteiger partial charge in [-0.3, -0.25) is 9.59 Å². The fraction of sp³-hybridized carbons (Fsp3) is 0.438. The molecular weight excluding hydrogens is 342 g/mol. The molecule has 0 radical (unpaired) electrons. The highest BCUT2D eigenvalue weighted by Gasteiger charge is 2.24. The molecule has 0 N–H and O–H groups in total. The van der Waals surface area contributed by atoms with Crippen LogP contribution in [0.4, 0.5) is 5.69 Å². The van der Waals surface area contributed by atoms with Crippen LogP contribution < -0.4 is 4.90 Å². The maximum atomic E-state index is 12.2. The molecule has 2 heterocycles. The summed E-state index contributed by atoms with van der Waals surface area (Å²) in [5, 5.41) is 11.3. The second kappa shape index (κ2) is 8.11. The van der Waals surface area contributed by atoms with E-state index >= 15 is 0 Å². The van der Waals surface area contributed by atoms with Crippen LogP contribution in [0.15, 0.2) is 29.2 Å². The molecule has 1 aliphatic heterocycles. The lowest BCUT2D eigenvalue weighted by Crippen LogP contribution is -2.37. The van der Waals surface area contributed by atoms with Crippen LogP contribution in [-0.4, -0.2) is 44.4 Å². The maximum absolute atomic E-state index is 12.2. The Labute approximate surface area is 149 Å². The van der Waals surface area contributed by atoms with Crippen LogP contribution in [0.1, 0.15) is 25.6 Å². The van der Waals surface area contributed by atoms with Gasteiger partial charge in [0.2, 0.25) is 5.91 Å². The molecule has 1 aromatic heterocycles. The largest absolute Gasteiger partial charge is 0.457 e. The SMILES string of the molecule is CCCn1nnnc1COC(=O)CCN1C(=O)CSc2ccccc21. The van der Waals surface area contributed by atoms with Gasteiger partial charge in [0.05, 0.1) is 17.9 Å². The third-order valence-corrected chi connectivity index (χ3v) is 4.80. The summed E-state index contributed by atoms with van der Waals surface area (Å²) >= 11 is 1.52. The van der Waals surface area contributed by atoms with Gasteiger partial charge in [-0.15, -0.1) is 16.9 Å². The lowest BCUT2D eigenvalue weighted by molar-refractivity contribution is -0.145. The molecular formula is C16H19N5O3S. The molecule has 0 fully saturated rings. The average Bonchev–Trinajstić information content (AvgIpc) is 3.06. The molecule has 1 aromatic carbocycles. The Kier molecular flexibility index (Phi) is 5.64. The van der Waals surface area contributed by atoms with Crippen molar-refractivity contribution in [3.63, 3.8) is 0 Å². The summed E-state index contributed by atoms with van der Waals surface area (Å²) in [6.45, 7) is 3.03. The minimum atomic E-state index is -0.380. The van der Waals surface area contributed by atoms with Crippen LogP contribution >= 0.6 is 11.8 Å². The molecule has 0 aliphatic carbocycles. The van der Waals surface area contributed by atoms with Gasteiger partial charge in [-0.05, 0) is 29.0 Å². The molecule has 0 saturated heterocycles. The minimum absolute atomic E-state index is 0.00314. The van der Waals surface area contributed by atoms with Gasteiger partial charge in [-0.25, -0.2) is 4.68 Å². The van der Waals surface area contributed by atoms with E-state index in [1.54, 1.807) is 9.58 Å². The van der Waals surface area contributed by atoms with Crippen molar-refractivity contribution in [2.24, 2.45) is 0 Å². The summed E-state index contributed by atoms with van der Waals surface area (Å²) in [5.74, 6) is 0.529. The van der Waals surface area contributed by atoms with Crippen molar-refractivity contribution in [2.75, 3.05) is 17.2 Å². The van der Waals surface area contributed by atoms with Crippen molar-refractivity contribution in [2.45, 2.75) is 37.8 Å². The van der Waals surface area contributed by atoms with Gasteiger partial charge in [0, 0.05) is 18.0 Å². The number of carbonyl (C=O) groups excluding carboxylic acids is 2. The number of aryl methyl sites for hydroxylation is 1. The number of rotatable bonds is 7. The van der Waals surface area contributed by atoms with Gasteiger partial charge in [0.15, 0.2) is 12.4 Å². The van der Waals surface area contributed by atoms with Crippen LogP contribution in [0, 0.1) is 0 Å². The standard InChI is InChI=1S/C16H19N5O3S/c1-2-8-21-14(17-18-19-21)10-24-16(23)7-9-20-12-5-3-4-6-13(12)25-11-15(20)22/h3-6H,2,7-11H2,1H3. The van der Waals surface area contributed by atoms with E-state index in [2.05, 4.69) is 15.5 Å². The normalized spacial score (nSPS) is 13.6. The predicted octanol–water partition coefficient (Wildman–Crippen LogP) is 1.66. The number of amides is 1. The van der Waals surface area contributed by atoms with Gasteiger partial charge >= 0.3 is 5.97 Å². The summed E-state index contributed by atoms with van der Waals surface area (Å²) in [6, 6.07) is 7.69. The molecule has 2 aromatic rings. The molecule has 0 bridgehead atoms. The van der Waals surface area contributed by atoms with Crippen LogP contribution in [0.3, 0.4) is 0 Å². The fourth-order valence-electron chi connectivity index (χ4n) is 2.53. The van der Waals surface area contributed by atoms with Crippen molar-refractivity contribution in [1.29, 1.82) is 0 Å². The van der Waals surface area contributed by atoms with E-state index < -0.39 is 0 Å². The lowest BCUT2D eigenvalue weighted by atomic mass is 10.2. The number of tetrazole rings is 1. The van der Waals surface area contributed by atoms with Crippen molar-refractivity contribution >= 4 is 29.3 Å². The first-order chi connectivity index (χ1) is 12.2. The number of aromatic nitrogens is 4. The number of anilines is 1. The Hall–Kier alpha value is -2.42. The third-order valence-electron chi connectivity index (χ3n) is 3.75. The van der Waals surface area contributed by atoms with Gasteiger partial charge < -0.3 is 9.64 Å². The van der Waals surface area contributed by atoms with Crippen molar-refractivity contribution in [3.8, 4) is 0 Å². The van der Waals surface area contributed by atoms with Crippen molar-refractivity contribution in [3.05, 3.63) is 30.1 Å². The number of benzene rings is 1. The number of para-hydroxylation sites is 1. The average molecular weight is 361 g/mol. The number of hydrogen-bond acceptors (Lipinski definition) is 7. The van der Waals surface area contributed by atoms with Gasteiger partial charge in [-0.1, -0.05) is 19.1 Å². The number of ether oxygens (including phenoxy) is 1. The number of thioether (sulfide) groups is 1. The summed E-state index contributed by atoms with van der Waals surface area (Å²) in [4.78, 5) is 26.9. The molecule has 0 unspecified atom stereocenters. The molecule has 3 rings (SSSR count). The lowest BCUT2D eigenvalue weighted by Gasteiger charge is -2.28. The zero-order valence-corrected chi connectivity index (χ0v) is 14.7. The Morgan fingerprint density at radius 3 is 3.00 bits per heavy atom. The Morgan fingerprint density at radius 2 is 2.16 bits per heavy atom. The molecule has 0 atom stereocenters. The molecule has 9 heteroatoms. The Morgan fingerprint density at radius 1 is 1.32 bits per heavy atom. The minimum Gasteiger partial charge on any atom is -0.457 e. The molecule has 0 saturated carbocycles. The highest BCUT2D eigenvalue weighted by atomic mass is 32.2. The summed E-state index contributed by atoms with van der Waals surface area (Å²) in [7, 11) is 0. The zero-order valence-electron chi connectivity index (χ0n) is 13.9. The quantitative estimate of drug-likeness (QED) is 0.693. The Bertz CT molecular complexity index is 764. The summed E-state index contributed by atoms with van der Waals surface area (Å²) < 4.78 is 6.86. The van der Waals surface area contributed by atoms with E-state index in [0.29, 0.717) is 24.7 Å². The molecule has 8 nitrogen and oxygen atoms in total. The van der Waals surface area contributed by atoms with Crippen LogP contribution in [0.25, 0.3) is 0 Å². The van der Waals surface area contributed by atoms with Crippen LogP contribution in [0.5, 0.6) is 0 Å². The van der Waals surface area contributed by atoms with E-state index in [1.807, 2.05) is 31.2 Å². The zero-order chi connectivity index (χ0) is 17.6. The van der Waals surface area contributed by atoms with Crippen molar-refractivity contribution < 1.29 is 14.3 Å². The van der Waals surface area contributed by atoms with E-state index in [1.165, 1.54) is 11.8 Å². The first kappa shape index (κ1) is 17.4. The van der Waals surface area contributed by atoms with E-state index in [4.69, 9.17) is 4.74 Å². The summed E-state index contributed by atoms with van der Waals surface area (Å²) in [6.07, 6.45) is 1.01. The molecule has 1 aliphatic rings. The monoisotopic (exact) mass is 361 g/mol. The highest BCUT2D eigenvalue weighted by Crippen LogP contribution is 2.34. The number of hydrogen-bond donors (Lipinski definition) is 0. The predicted molar refractivity (Wildman–Crippen MR) is 92.0 cm³/mol. The first-order valence-electron chi connectivity index (χ1n) is 8.12. The van der Waals surface area contributed by atoms with Gasteiger partial charge in [-0.2, -0.15) is 0 Å². The number of carbonyl (C=O) groups is 2.